The third-order valence-electron chi connectivity index (χ3n) is 3.87. The quantitative estimate of drug-likeness (QED) is 0.843. The summed E-state index contributed by atoms with van der Waals surface area (Å²) in [6, 6.07) is 4.13. The minimum Gasteiger partial charge on any atom is -0.325 e. The van der Waals surface area contributed by atoms with Crippen LogP contribution in [0.25, 0.3) is 0 Å². The Labute approximate surface area is 109 Å². The molecule has 0 aromatic heterocycles. The summed E-state index contributed by atoms with van der Waals surface area (Å²) in [7, 11) is 0. The van der Waals surface area contributed by atoms with Crippen LogP contribution in [0.1, 0.15) is 50.4 Å². The van der Waals surface area contributed by atoms with Crippen molar-refractivity contribution in [2.75, 3.05) is 5.32 Å². The topological polar surface area (TPSA) is 55.1 Å². The number of fused-ring (bicyclic) bond motifs is 1. The van der Waals surface area contributed by atoms with Gasteiger partial charge in [-0.2, -0.15) is 0 Å². The van der Waals surface area contributed by atoms with E-state index in [0.717, 1.165) is 22.4 Å². The summed E-state index contributed by atoms with van der Waals surface area (Å²) < 4.78 is 0. The molecule has 1 aliphatic heterocycles. The maximum Gasteiger partial charge on any atom is 0.234 e. The van der Waals surface area contributed by atoms with E-state index < -0.39 is 5.41 Å². The molecule has 0 fully saturated rings. The molecule has 1 amide bonds. The Morgan fingerprint density at radius 1 is 1.28 bits per heavy atom. The second kappa shape index (κ2) is 4.09. The summed E-state index contributed by atoms with van der Waals surface area (Å²) in [5.74, 6) is 0.400. The minimum absolute atomic E-state index is 0.0483. The maximum absolute atomic E-state index is 12.1. The number of anilines is 1. The van der Waals surface area contributed by atoms with E-state index in [-0.39, 0.29) is 11.9 Å². The predicted molar refractivity (Wildman–Crippen MR) is 74.6 cm³/mol. The second-order valence-electron chi connectivity index (χ2n) is 6.13. The molecule has 0 saturated heterocycles. The molecular formula is C15H22N2O. The van der Waals surface area contributed by atoms with Gasteiger partial charge < -0.3 is 11.1 Å². The van der Waals surface area contributed by atoms with E-state index in [2.05, 4.69) is 38.2 Å². The van der Waals surface area contributed by atoms with Crippen LogP contribution in [0, 0.1) is 12.8 Å². The lowest BCUT2D eigenvalue weighted by Gasteiger charge is -2.21. The third-order valence-corrected chi connectivity index (χ3v) is 3.87. The Bertz CT molecular complexity index is 503. The monoisotopic (exact) mass is 246 g/mol. The fourth-order valence-corrected chi connectivity index (χ4v) is 2.46. The van der Waals surface area contributed by atoms with Crippen LogP contribution in [-0.4, -0.2) is 5.91 Å². The van der Waals surface area contributed by atoms with Crippen molar-refractivity contribution in [3.05, 3.63) is 28.8 Å². The van der Waals surface area contributed by atoms with Crippen molar-refractivity contribution >= 4 is 11.6 Å². The standard InChI is InChI=1S/C15H22N2O/c1-8(2)12(16)10-6-9(3)7-11-13(10)17-14(18)15(11,4)5/h6-8,12H,16H2,1-5H3,(H,17,18). The van der Waals surface area contributed by atoms with Gasteiger partial charge in [-0.25, -0.2) is 0 Å². The zero-order valence-corrected chi connectivity index (χ0v) is 11.8. The van der Waals surface area contributed by atoms with Gasteiger partial charge in [0.2, 0.25) is 5.91 Å². The van der Waals surface area contributed by atoms with E-state index in [4.69, 9.17) is 5.73 Å². The number of nitrogens with two attached hydrogens (primary N) is 1. The van der Waals surface area contributed by atoms with E-state index in [1.807, 2.05) is 13.8 Å². The summed E-state index contributed by atoms with van der Waals surface area (Å²) >= 11 is 0. The van der Waals surface area contributed by atoms with E-state index >= 15 is 0 Å². The maximum atomic E-state index is 12.1. The average Bonchev–Trinajstić information content (AvgIpc) is 2.49. The van der Waals surface area contributed by atoms with E-state index in [1.165, 1.54) is 0 Å². The van der Waals surface area contributed by atoms with Crippen molar-refractivity contribution in [3.8, 4) is 0 Å². The van der Waals surface area contributed by atoms with Crippen molar-refractivity contribution in [3.63, 3.8) is 0 Å². The molecule has 0 bridgehead atoms. The number of amides is 1. The van der Waals surface area contributed by atoms with Gasteiger partial charge in [0.05, 0.1) is 5.41 Å². The van der Waals surface area contributed by atoms with E-state index in [1.54, 1.807) is 0 Å². The average molecular weight is 246 g/mol. The number of hydrogen-bond donors (Lipinski definition) is 2. The first-order valence-corrected chi connectivity index (χ1v) is 6.47. The number of benzene rings is 1. The number of nitrogens with one attached hydrogen (secondary N) is 1. The van der Waals surface area contributed by atoms with E-state index in [9.17, 15) is 4.79 Å². The highest BCUT2D eigenvalue weighted by Gasteiger charge is 2.40. The van der Waals surface area contributed by atoms with Crippen LogP contribution in [-0.2, 0) is 10.2 Å². The Morgan fingerprint density at radius 2 is 1.89 bits per heavy atom. The molecule has 3 N–H and O–H groups in total. The first kappa shape index (κ1) is 13.1. The van der Waals surface area contributed by atoms with Crippen molar-refractivity contribution in [2.45, 2.75) is 46.1 Å². The normalized spacial score (nSPS) is 18.7. The summed E-state index contributed by atoms with van der Waals surface area (Å²) in [5, 5.41) is 3.00. The molecule has 1 atom stereocenters. The lowest BCUT2D eigenvalue weighted by molar-refractivity contribution is -0.119. The van der Waals surface area contributed by atoms with Gasteiger partial charge in [-0.1, -0.05) is 31.5 Å². The number of carbonyl (C=O) groups is 1. The number of aryl methyl sites for hydroxylation is 1. The van der Waals surface area contributed by atoms with Crippen LogP contribution in [0.4, 0.5) is 5.69 Å². The highest BCUT2D eigenvalue weighted by atomic mass is 16.2. The molecule has 2 rings (SSSR count). The molecule has 0 saturated carbocycles. The molecule has 98 valence electrons. The molecule has 1 aliphatic rings. The van der Waals surface area contributed by atoms with Gasteiger partial charge >= 0.3 is 0 Å². The summed E-state index contributed by atoms with van der Waals surface area (Å²) in [5.41, 5.74) is 10.0. The predicted octanol–water partition coefficient (Wildman–Crippen LogP) is 2.88. The van der Waals surface area contributed by atoms with Crippen LogP contribution in [0.5, 0.6) is 0 Å². The summed E-state index contributed by atoms with van der Waals surface area (Å²) in [6.45, 7) is 10.2. The molecule has 0 radical (unpaired) electrons. The molecule has 18 heavy (non-hydrogen) atoms. The first-order valence-electron chi connectivity index (χ1n) is 6.47. The molecular weight excluding hydrogens is 224 g/mol. The Morgan fingerprint density at radius 3 is 2.44 bits per heavy atom. The van der Waals surface area contributed by atoms with Gasteiger partial charge in [0.25, 0.3) is 0 Å². The zero-order valence-electron chi connectivity index (χ0n) is 11.8. The fourth-order valence-electron chi connectivity index (χ4n) is 2.46. The lowest BCUT2D eigenvalue weighted by Crippen LogP contribution is -2.26. The number of hydrogen-bond acceptors (Lipinski definition) is 2. The van der Waals surface area contributed by atoms with Gasteiger partial charge in [0.1, 0.15) is 0 Å². The van der Waals surface area contributed by atoms with Crippen molar-refractivity contribution in [1.29, 1.82) is 0 Å². The molecule has 3 heteroatoms. The minimum atomic E-state index is -0.465. The molecule has 1 aromatic rings. The molecule has 3 nitrogen and oxygen atoms in total. The van der Waals surface area contributed by atoms with Gasteiger partial charge in [0.15, 0.2) is 0 Å². The molecule has 1 aromatic carbocycles. The van der Waals surface area contributed by atoms with Crippen LogP contribution in [0.3, 0.4) is 0 Å². The summed E-state index contributed by atoms with van der Waals surface area (Å²) in [4.78, 5) is 12.1. The Hall–Kier alpha value is -1.35. The Balaban J connectivity index is 2.63. The van der Waals surface area contributed by atoms with Crippen LogP contribution >= 0.6 is 0 Å². The highest BCUT2D eigenvalue weighted by molar-refractivity contribution is 6.06. The number of carbonyl (C=O) groups excluding carboxylic acids is 1. The second-order valence-corrected chi connectivity index (χ2v) is 6.13. The zero-order chi connectivity index (χ0) is 13.7. The van der Waals surface area contributed by atoms with Crippen molar-refractivity contribution in [1.82, 2.24) is 0 Å². The third kappa shape index (κ3) is 1.83. The fraction of sp³-hybridized carbons (Fsp3) is 0.533. The van der Waals surface area contributed by atoms with Crippen LogP contribution in [0.2, 0.25) is 0 Å². The van der Waals surface area contributed by atoms with Crippen LogP contribution in [0.15, 0.2) is 12.1 Å². The smallest absolute Gasteiger partial charge is 0.234 e. The molecule has 1 heterocycles. The SMILES string of the molecule is Cc1cc(C(N)C(C)C)c2c(c1)C(C)(C)C(=O)N2. The molecule has 0 spiro atoms. The van der Waals surface area contributed by atoms with Crippen LogP contribution < -0.4 is 11.1 Å². The Kier molecular flexibility index (Phi) is 2.98. The van der Waals surface area contributed by atoms with Gasteiger partial charge in [-0.15, -0.1) is 0 Å². The summed E-state index contributed by atoms with van der Waals surface area (Å²) in [6.07, 6.45) is 0. The van der Waals surface area contributed by atoms with Gasteiger partial charge in [0, 0.05) is 11.7 Å². The largest absolute Gasteiger partial charge is 0.325 e. The van der Waals surface area contributed by atoms with Gasteiger partial charge in [-0.3, -0.25) is 4.79 Å². The van der Waals surface area contributed by atoms with E-state index in [0.29, 0.717) is 5.92 Å². The highest BCUT2D eigenvalue weighted by Crippen LogP contribution is 2.42. The lowest BCUT2D eigenvalue weighted by atomic mass is 9.83. The molecule has 1 unspecified atom stereocenters. The van der Waals surface area contributed by atoms with Gasteiger partial charge in [-0.05, 0) is 37.8 Å². The number of rotatable bonds is 2. The first-order chi connectivity index (χ1) is 8.25. The molecule has 0 aliphatic carbocycles. The van der Waals surface area contributed by atoms with Crippen molar-refractivity contribution < 1.29 is 4.79 Å². The van der Waals surface area contributed by atoms with Crippen molar-refractivity contribution in [2.24, 2.45) is 11.7 Å².